The highest BCUT2D eigenvalue weighted by Gasteiger charge is 2.29. The van der Waals surface area contributed by atoms with Crippen LogP contribution in [0.4, 0.5) is 5.69 Å². The van der Waals surface area contributed by atoms with Crippen LogP contribution in [0, 0.1) is 0 Å². The number of carbonyl (C=O) groups is 1. The summed E-state index contributed by atoms with van der Waals surface area (Å²) in [5, 5.41) is 6.33. The summed E-state index contributed by atoms with van der Waals surface area (Å²) in [5.74, 6) is 0.971. The largest absolute Gasteiger partial charge is 0.493 e. The maximum Gasteiger partial charge on any atom is 0.280 e. The van der Waals surface area contributed by atoms with E-state index < -0.39 is 0 Å². The van der Waals surface area contributed by atoms with Crippen molar-refractivity contribution in [2.45, 2.75) is 6.92 Å². The van der Waals surface area contributed by atoms with Crippen molar-refractivity contribution in [3.8, 4) is 11.5 Å². The second-order valence-corrected chi connectivity index (χ2v) is 5.86. The van der Waals surface area contributed by atoms with Gasteiger partial charge in [0.1, 0.15) is 0 Å². The Hall–Kier alpha value is -2.79. The molecule has 1 aliphatic rings. The van der Waals surface area contributed by atoms with Gasteiger partial charge in [-0.2, -0.15) is 10.1 Å². The van der Waals surface area contributed by atoms with E-state index in [1.54, 1.807) is 57.6 Å². The van der Waals surface area contributed by atoms with Crippen molar-refractivity contribution < 1.29 is 14.3 Å². The van der Waals surface area contributed by atoms with Gasteiger partial charge in [0.15, 0.2) is 11.5 Å². The molecular weight excluding hydrogens is 340 g/mol. The van der Waals surface area contributed by atoms with E-state index in [4.69, 9.17) is 21.1 Å². The van der Waals surface area contributed by atoms with E-state index in [1.807, 2.05) is 12.1 Å². The quantitative estimate of drug-likeness (QED) is 0.773. The lowest BCUT2D eigenvalue weighted by molar-refractivity contribution is -0.114. The van der Waals surface area contributed by atoms with Crippen molar-refractivity contribution in [2.24, 2.45) is 5.10 Å². The summed E-state index contributed by atoms with van der Waals surface area (Å²) >= 11 is 5.90. The molecular formula is C19H17ClN2O3. The number of carbonyl (C=O) groups excluding carboxylic acids is 1. The molecule has 0 atom stereocenters. The first-order valence-corrected chi connectivity index (χ1v) is 8.01. The Morgan fingerprint density at radius 2 is 1.80 bits per heavy atom. The second-order valence-electron chi connectivity index (χ2n) is 5.42. The van der Waals surface area contributed by atoms with Gasteiger partial charge < -0.3 is 9.47 Å². The predicted octanol–water partition coefficient (Wildman–Crippen LogP) is 4.16. The molecule has 1 aliphatic heterocycles. The van der Waals surface area contributed by atoms with Gasteiger partial charge in [-0.25, -0.2) is 0 Å². The molecule has 0 fully saturated rings. The van der Waals surface area contributed by atoms with Crippen LogP contribution < -0.4 is 14.5 Å². The molecule has 25 heavy (non-hydrogen) atoms. The average molecular weight is 357 g/mol. The molecule has 128 valence electrons. The normalized spacial score (nSPS) is 15.5. The van der Waals surface area contributed by atoms with Gasteiger partial charge in [0, 0.05) is 10.6 Å². The van der Waals surface area contributed by atoms with Crippen LogP contribution in [-0.2, 0) is 4.79 Å². The number of methoxy groups -OCH3 is 2. The number of hydrazone groups is 1. The zero-order valence-corrected chi connectivity index (χ0v) is 14.9. The predicted molar refractivity (Wildman–Crippen MR) is 99.6 cm³/mol. The molecule has 3 rings (SSSR count). The molecule has 0 N–H and O–H groups in total. The zero-order chi connectivity index (χ0) is 18.0. The topological polar surface area (TPSA) is 51.1 Å². The van der Waals surface area contributed by atoms with Gasteiger partial charge >= 0.3 is 0 Å². The van der Waals surface area contributed by atoms with E-state index in [9.17, 15) is 4.79 Å². The third-order valence-corrected chi connectivity index (χ3v) is 4.12. The summed E-state index contributed by atoms with van der Waals surface area (Å²) in [5.41, 5.74) is 2.54. The molecule has 0 saturated carbocycles. The summed E-state index contributed by atoms with van der Waals surface area (Å²) in [6, 6.07) is 12.5. The Balaban J connectivity index is 1.99. The van der Waals surface area contributed by atoms with Crippen LogP contribution in [0.5, 0.6) is 11.5 Å². The molecule has 0 unspecified atom stereocenters. The van der Waals surface area contributed by atoms with Crippen LogP contribution in [-0.4, -0.2) is 25.8 Å². The van der Waals surface area contributed by atoms with E-state index in [2.05, 4.69) is 5.10 Å². The van der Waals surface area contributed by atoms with Crippen LogP contribution in [0.3, 0.4) is 0 Å². The minimum absolute atomic E-state index is 0.204. The number of halogens is 1. The number of benzene rings is 2. The van der Waals surface area contributed by atoms with Crippen molar-refractivity contribution >= 4 is 35.0 Å². The smallest absolute Gasteiger partial charge is 0.280 e. The molecule has 2 aromatic carbocycles. The highest BCUT2D eigenvalue weighted by molar-refractivity contribution is 6.32. The summed E-state index contributed by atoms with van der Waals surface area (Å²) in [6.45, 7) is 1.80. The molecule has 0 aromatic heterocycles. The van der Waals surface area contributed by atoms with Gasteiger partial charge in [-0.15, -0.1) is 0 Å². The number of hydrogen-bond donors (Lipinski definition) is 0. The first kappa shape index (κ1) is 17.0. The van der Waals surface area contributed by atoms with E-state index in [-0.39, 0.29) is 5.91 Å². The fourth-order valence-electron chi connectivity index (χ4n) is 2.62. The Bertz CT molecular complexity index is 873. The second kappa shape index (κ2) is 6.99. The number of anilines is 1. The first-order chi connectivity index (χ1) is 12.0. The Morgan fingerprint density at radius 3 is 2.44 bits per heavy atom. The Labute approximate surface area is 151 Å². The van der Waals surface area contributed by atoms with Gasteiger partial charge in [-0.3, -0.25) is 4.79 Å². The van der Waals surface area contributed by atoms with E-state index in [0.717, 1.165) is 5.56 Å². The van der Waals surface area contributed by atoms with Gasteiger partial charge in [0.25, 0.3) is 5.91 Å². The Kier molecular flexibility index (Phi) is 4.76. The molecule has 0 bridgehead atoms. The molecule has 0 radical (unpaired) electrons. The van der Waals surface area contributed by atoms with Gasteiger partial charge in [0.2, 0.25) is 0 Å². The van der Waals surface area contributed by atoms with Crippen molar-refractivity contribution in [2.75, 3.05) is 19.2 Å². The van der Waals surface area contributed by atoms with Crippen LogP contribution >= 0.6 is 11.6 Å². The molecule has 5 nitrogen and oxygen atoms in total. The summed E-state index contributed by atoms with van der Waals surface area (Å²) in [7, 11) is 3.14. The lowest BCUT2D eigenvalue weighted by Crippen LogP contribution is -2.21. The minimum atomic E-state index is -0.204. The van der Waals surface area contributed by atoms with Gasteiger partial charge in [-0.05, 0) is 43.3 Å². The minimum Gasteiger partial charge on any atom is -0.493 e. The molecule has 0 saturated heterocycles. The summed E-state index contributed by atoms with van der Waals surface area (Å²) in [4.78, 5) is 12.8. The monoisotopic (exact) mass is 356 g/mol. The average Bonchev–Trinajstić information content (AvgIpc) is 2.90. The number of amides is 1. The van der Waals surface area contributed by atoms with Crippen LogP contribution in [0.2, 0.25) is 5.02 Å². The van der Waals surface area contributed by atoms with E-state index in [0.29, 0.717) is 33.5 Å². The van der Waals surface area contributed by atoms with Crippen LogP contribution in [0.15, 0.2) is 53.1 Å². The Morgan fingerprint density at radius 1 is 1.08 bits per heavy atom. The highest BCUT2D eigenvalue weighted by Crippen LogP contribution is 2.33. The molecule has 6 heteroatoms. The van der Waals surface area contributed by atoms with Crippen molar-refractivity contribution in [1.29, 1.82) is 0 Å². The fraction of sp³-hybridized carbons (Fsp3) is 0.158. The number of rotatable bonds is 4. The van der Waals surface area contributed by atoms with Crippen LogP contribution in [0.1, 0.15) is 12.5 Å². The molecule has 2 aromatic rings. The van der Waals surface area contributed by atoms with Gasteiger partial charge in [-0.1, -0.05) is 23.7 Å². The molecule has 1 heterocycles. The van der Waals surface area contributed by atoms with Gasteiger partial charge in [0.05, 0.1) is 31.2 Å². The maximum atomic E-state index is 12.8. The maximum absolute atomic E-state index is 12.8. The molecule has 0 aliphatic carbocycles. The van der Waals surface area contributed by atoms with E-state index in [1.165, 1.54) is 5.01 Å². The van der Waals surface area contributed by atoms with E-state index >= 15 is 0 Å². The number of nitrogens with zero attached hydrogens (tertiary/aromatic N) is 2. The van der Waals surface area contributed by atoms with Crippen molar-refractivity contribution in [3.63, 3.8) is 0 Å². The molecule has 0 spiro atoms. The van der Waals surface area contributed by atoms with Crippen molar-refractivity contribution in [3.05, 3.63) is 58.6 Å². The number of ether oxygens (including phenoxy) is 2. The third kappa shape index (κ3) is 3.23. The lowest BCUT2D eigenvalue weighted by atomic mass is 10.1. The number of para-hydroxylation sites is 1. The summed E-state index contributed by atoms with van der Waals surface area (Å²) in [6.07, 6.45) is 1.76. The zero-order valence-electron chi connectivity index (χ0n) is 14.1. The van der Waals surface area contributed by atoms with Crippen LogP contribution in [0.25, 0.3) is 6.08 Å². The lowest BCUT2D eigenvalue weighted by Gasteiger charge is -2.12. The number of hydrogen-bond acceptors (Lipinski definition) is 4. The third-order valence-electron chi connectivity index (χ3n) is 3.87. The van der Waals surface area contributed by atoms with Crippen molar-refractivity contribution in [1.82, 2.24) is 0 Å². The standard InChI is InChI=1S/C19H17ClN2O3/c1-12-16(11-13-5-4-6-17(24-2)18(13)25-3)19(23)22(21-12)15-9-7-14(20)8-10-15/h4-11H,1-3H3/b16-11+. The fourth-order valence-corrected chi connectivity index (χ4v) is 2.75. The SMILES string of the molecule is COc1cccc(/C=C2/C(=O)N(c3ccc(Cl)cc3)N=C2C)c1OC. The first-order valence-electron chi connectivity index (χ1n) is 7.63. The molecule has 1 amide bonds. The summed E-state index contributed by atoms with van der Waals surface area (Å²) < 4.78 is 10.7. The highest BCUT2D eigenvalue weighted by atomic mass is 35.5.